The number of oxime groups is 1. The van der Waals surface area contributed by atoms with Gasteiger partial charge in [0.15, 0.2) is 17.7 Å². The highest BCUT2D eigenvalue weighted by Crippen LogP contribution is 2.22. The molecule has 0 saturated heterocycles. The summed E-state index contributed by atoms with van der Waals surface area (Å²) in [7, 11) is 0. The van der Waals surface area contributed by atoms with E-state index in [1.54, 1.807) is 6.07 Å². The molecule has 0 aliphatic rings. The molecule has 5 nitrogen and oxygen atoms in total. The van der Waals surface area contributed by atoms with Crippen molar-refractivity contribution in [3.05, 3.63) is 28.5 Å². The Labute approximate surface area is 112 Å². The average Bonchev–Trinajstić information content (AvgIpc) is 2.32. The van der Waals surface area contributed by atoms with Crippen molar-refractivity contribution in [3.63, 3.8) is 0 Å². The van der Waals surface area contributed by atoms with Gasteiger partial charge in [0, 0.05) is 4.47 Å². The summed E-state index contributed by atoms with van der Waals surface area (Å²) in [6.45, 7) is 2.87. The first kappa shape index (κ1) is 14.4. The van der Waals surface area contributed by atoms with E-state index in [4.69, 9.17) is 9.94 Å². The highest BCUT2D eigenvalue weighted by molar-refractivity contribution is 9.10. The molecular weight excluding hydrogens is 307 g/mol. The van der Waals surface area contributed by atoms with Gasteiger partial charge in [-0.15, -0.1) is 0 Å². The van der Waals surface area contributed by atoms with Crippen molar-refractivity contribution in [1.29, 1.82) is 0 Å². The van der Waals surface area contributed by atoms with Crippen molar-refractivity contribution in [1.82, 2.24) is 5.32 Å². The third-order valence-corrected chi connectivity index (χ3v) is 2.51. The van der Waals surface area contributed by atoms with Crippen LogP contribution in [0, 0.1) is 5.82 Å². The molecule has 0 spiro atoms. The van der Waals surface area contributed by atoms with Crippen molar-refractivity contribution in [3.8, 4) is 5.75 Å². The van der Waals surface area contributed by atoms with Crippen LogP contribution in [0.4, 0.5) is 4.39 Å². The smallest absolute Gasteiger partial charge is 0.266 e. The molecular formula is C11H12BrFN2O3. The highest BCUT2D eigenvalue weighted by atomic mass is 79.9. The van der Waals surface area contributed by atoms with Gasteiger partial charge in [-0.3, -0.25) is 4.79 Å². The number of rotatable bonds is 3. The summed E-state index contributed by atoms with van der Waals surface area (Å²) in [4.78, 5) is 11.5. The van der Waals surface area contributed by atoms with Crippen LogP contribution >= 0.6 is 15.9 Å². The van der Waals surface area contributed by atoms with Gasteiger partial charge in [0.1, 0.15) is 5.84 Å². The molecule has 1 atom stereocenters. The van der Waals surface area contributed by atoms with Crippen LogP contribution in [0.1, 0.15) is 13.8 Å². The zero-order chi connectivity index (χ0) is 13.7. The Morgan fingerprint density at radius 2 is 2.28 bits per heavy atom. The second kappa shape index (κ2) is 6.34. The molecule has 0 aromatic heterocycles. The first-order chi connectivity index (χ1) is 8.43. The van der Waals surface area contributed by atoms with Crippen molar-refractivity contribution in [2.45, 2.75) is 20.0 Å². The largest absolute Gasteiger partial charge is 0.478 e. The van der Waals surface area contributed by atoms with Gasteiger partial charge < -0.3 is 15.3 Å². The molecule has 1 rings (SSSR count). The minimum Gasteiger partial charge on any atom is -0.478 e. The Hall–Kier alpha value is -1.63. The molecule has 98 valence electrons. The predicted octanol–water partition coefficient (Wildman–Crippen LogP) is 2.28. The standard InChI is InChI=1S/C11H12BrFN2O3/c1-6(11(16)14-7(2)15-17)18-10-4-3-8(12)5-9(10)13/h3-6,17H,1-2H3,(H,14,15,16). The fourth-order valence-corrected chi connectivity index (χ4v) is 1.45. The number of benzene rings is 1. The van der Waals surface area contributed by atoms with Crippen LogP contribution < -0.4 is 10.1 Å². The second-order valence-corrected chi connectivity index (χ2v) is 4.43. The zero-order valence-electron chi connectivity index (χ0n) is 9.78. The molecule has 1 unspecified atom stereocenters. The van der Waals surface area contributed by atoms with Gasteiger partial charge >= 0.3 is 0 Å². The fraction of sp³-hybridized carbons (Fsp3) is 0.273. The molecule has 0 aliphatic carbocycles. The number of nitrogens with zero attached hydrogens (tertiary/aromatic N) is 1. The Balaban J connectivity index is 2.69. The van der Waals surface area contributed by atoms with E-state index >= 15 is 0 Å². The van der Waals surface area contributed by atoms with E-state index in [9.17, 15) is 9.18 Å². The van der Waals surface area contributed by atoms with E-state index in [1.807, 2.05) is 0 Å². The van der Waals surface area contributed by atoms with Crippen LogP contribution in [0.5, 0.6) is 5.75 Å². The van der Waals surface area contributed by atoms with Crippen molar-refractivity contribution < 1.29 is 19.1 Å². The first-order valence-electron chi connectivity index (χ1n) is 5.05. The van der Waals surface area contributed by atoms with Gasteiger partial charge in [-0.1, -0.05) is 21.1 Å². The minimum absolute atomic E-state index is 0.0283. The molecule has 1 aromatic carbocycles. The maximum absolute atomic E-state index is 13.5. The van der Waals surface area contributed by atoms with Gasteiger partial charge in [0.05, 0.1) is 0 Å². The minimum atomic E-state index is -0.919. The van der Waals surface area contributed by atoms with Crippen molar-refractivity contribution >= 4 is 27.7 Å². The Morgan fingerprint density at radius 1 is 1.61 bits per heavy atom. The number of halogens is 2. The lowest BCUT2D eigenvalue weighted by molar-refractivity contribution is -0.125. The van der Waals surface area contributed by atoms with Crippen LogP contribution in [0.3, 0.4) is 0 Å². The van der Waals surface area contributed by atoms with E-state index in [0.717, 1.165) is 0 Å². The number of nitrogens with one attached hydrogen (secondary N) is 1. The zero-order valence-corrected chi connectivity index (χ0v) is 11.4. The molecule has 0 bridgehead atoms. The van der Waals surface area contributed by atoms with Crippen LogP contribution in [0.15, 0.2) is 27.8 Å². The Bertz CT molecular complexity index is 479. The molecule has 2 N–H and O–H groups in total. The number of amides is 1. The van der Waals surface area contributed by atoms with Crippen molar-refractivity contribution in [2.24, 2.45) is 5.16 Å². The normalized spacial score (nSPS) is 13.0. The van der Waals surface area contributed by atoms with Crippen molar-refractivity contribution in [2.75, 3.05) is 0 Å². The summed E-state index contributed by atoms with van der Waals surface area (Å²) in [5.74, 6) is -1.10. The molecule has 7 heteroatoms. The van der Waals surface area contributed by atoms with Gasteiger partial charge in [-0.05, 0) is 32.0 Å². The Kier molecular flexibility index (Phi) is 5.08. The van der Waals surface area contributed by atoms with Crippen LogP contribution in [0.2, 0.25) is 0 Å². The number of carbonyl (C=O) groups excluding carboxylic acids is 1. The van der Waals surface area contributed by atoms with Crippen LogP contribution in [-0.2, 0) is 4.79 Å². The van der Waals surface area contributed by atoms with E-state index in [1.165, 1.54) is 26.0 Å². The van der Waals surface area contributed by atoms with Gasteiger partial charge in [0.25, 0.3) is 5.91 Å². The van der Waals surface area contributed by atoms with Gasteiger partial charge in [0.2, 0.25) is 0 Å². The molecule has 1 aromatic rings. The molecule has 0 radical (unpaired) electrons. The molecule has 0 fully saturated rings. The fourth-order valence-electron chi connectivity index (χ4n) is 1.12. The number of carbonyl (C=O) groups is 1. The third-order valence-electron chi connectivity index (χ3n) is 2.02. The summed E-state index contributed by atoms with van der Waals surface area (Å²) in [6.07, 6.45) is -0.919. The van der Waals surface area contributed by atoms with E-state index in [-0.39, 0.29) is 11.6 Å². The van der Waals surface area contributed by atoms with E-state index in [2.05, 4.69) is 26.4 Å². The third kappa shape index (κ3) is 3.99. The lowest BCUT2D eigenvalue weighted by Gasteiger charge is -2.14. The van der Waals surface area contributed by atoms with Crippen LogP contribution in [0.25, 0.3) is 0 Å². The Morgan fingerprint density at radius 3 is 2.83 bits per heavy atom. The number of hydrogen-bond acceptors (Lipinski definition) is 4. The van der Waals surface area contributed by atoms with Crippen LogP contribution in [-0.4, -0.2) is 23.1 Å². The van der Waals surface area contributed by atoms with Gasteiger partial charge in [-0.2, -0.15) is 0 Å². The van der Waals surface area contributed by atoms with Gasteiger partial charge in [-0.25, -0.2) is 4.39 Å². The molecule has 1 amide bonds. The summed E-state index contributed by atoms with van der Waals surface area (Å²) in [5, 5.41) is 13.5. The molecule has 0 heterocycles. The summed E-state index contributed by atoms with van der Waals surface area (Å²) in [5.41, 5.74) is 0. The average molecular weight is 319 g/mol. The second-order valence-electron chi connectivity index (χ2n) is 3.51. The molecule has 18 heavy (non-hydrogen) atoms. The highest BCUT2D eigenvalue weighted by Gasteiger charge is 2.17. The molecule has 0 saturated carbocycles. The maximum Gasteiger partial charge on any atom is 0.266 e. The number of amidine groups is 1. The maximum atomic E-state index is 13.5. The topological polar surface area (TPSA) is 70.9 Å². The number of ether oxygens (including phenoxy) is 1. The lowest BCUT2D eigenvalue weighted by Crippen LogP contribution is -2.39. The van der Waals surface area contributed by atoms with E-state index < -0.39 is 17.8 Å². The SMILES string of the molecule is CC(=NO)NC(=O)C(C)Oc1ccc(Br)cc1F. The summed E-state index contributed by atoms with van der Waals surface area (Å²) in [6, 6.07) is 4.25. The molecule has 0 aliphatic heterocycles. The number of hydrogen-bond donors (Lipinski definition) is 2. The van der Waals surface area contributed by atoms with E-state index in [0.29, 0.717) is 4.47 Å². The lowest BCUT2D eigenvalue weighted by atomic mass is 10.3. The first-order valence-corrected chi connectivity index (χ1v) is 5.84. The predicted molar refractivity (Wildman–Crippen MR) is 67.2 cm³/mol. The summed E-state index contributed by atoms with van der Waals surface area (Å²) >= 11 is 3.12. The quantitative estimate of drug-likeness (QED) is 0.389. The summed E-state index contributed by atoms with van der Waals surface area (Å²) < 4.78 is 19.2. The monoisotopic (exact) mass is 318 g/mol.